The molecule has 162 valence electrons. The van der Waals surface area contributed by atoms with Crippen molar-refractivity contribution in [2.45, 2.75) is 26.4 Å². The number of rotatable bonds is 9. The van der Waals surface area contributed by atoms with Gasteiger partial charge in [0.25, 0.3) is 11.6 Å². The molecule has 0 aliphatic heterocycles. The fourth-order valence-corrected chi connectivity index (χ4v) is 3.03. The summed E-state index contributed by atoms with van der Waals surface area (Å²) in [7, 11) is 6.50. The third kappa shape index (κ3) is 5.18. The Morgan fingerprint density at radius 1 is 1.10 bits per heavy atom. The van der Waals surface area contributed by atoms with Gasteiger partial charge in [-0.05, 0) is 37.6 Å². The Balaban J connectivity index is 2.14. The number of nitro groups is 1. The van der Waals surface area contributed by atoms with E-state index in [2.05, 4.69) is 5.32 Å². The normalized spacial score (nSPS) is 12.6. The number of nitrogens with zero attached hydrogens (tertiary/aromatic N) is 1. The molecular formula is C21H28N3O6+. The first kappa shape index (κ1) is 23.0. The number of aryl methyl sites for hydroxylation is 1. The van der Waals surface area contributed by atoms with Crippen molar-refractivity contribution in [2.75, 3.05) is 33.7 Å². The Labute approximate surface area is 175 Å². The second-order valence-electron chi connectivity index (χ2n) is 7.01. The standard InChI is InChI=1S/C21H27N3O6/c1-13-9-19(29-5)20(30-6)10-15(13)12-23(3)14(2)21(25)22-17-8-7-16(24(26)27)11-18(17)28-4/h7-11,14H,12H2,1-6H3,(H,22,25)/p+1/t14-/m1/s1. The van der Waals surface area contributed by atoms with Crippen molar-refractivity contribution in [3.8, 4) is 17.2 Å². The topological polar surface area (TPSA) is 104 Å². The number of amides is 1. The fourth-order valence-electron chi connectivity index (χ4n) is 3.03. The van der Waals surface area contributed by atoms with Crippen LogP contribution in [0.25, 0.3) is 0 Å². The van der Waals surface area contributed by atoms with Crippen LogP contribution in [0.4, 0.5) is 11.4 Å². The van der Waals surface area contributed by atoms with E-state index in [9.17, 15) is 14.9 Å². The van der Waals surface area contributed by atoms with E-state index in [1.165, 1.54) is 25.3 Å². The molecule has 1 amide bonds. The van der Waals surface area contributed by atoms with Crippen LogP contribution in [0, 0.1) is 17.0 Å². The van der Waals surface area contributed by atoms with Gasteiger partial charge in [-0.25, -0.2) is 0 Å². The molecule has 0 aliphatic carbocycles. The number of benzene rings is 2. The molecule has 0 heterocycles. The minimum absolute atomic E-state index is 0.107. The number of hydrogen-bond acceptors (Lipinski definition) is 6. The number of nitro benzene ring substituents is 1. The summed E-state index contributed by atoms with van der Waals surface area (Å²) in [6, 6.07) is 7.51. The molecule has 2 rings (SSSR count). The highest BCUT2D eigenvalue weighted by Gasteiger charge is 2.24. The molecule has 0 aliphatic rings. The maximum atomic E-state index is 12.8. The van der Waals surface area contributed by atoms with Crippen molar-refractivity contribution in [1.82, 2.24) is 0 Å². The predicted molar refractivity (Wildman–Crippen MR) is 113 cm³/mol. The maximum absolute atomic E-state index is 12.8. The molecule has 9 nitrogen and oxygen atoms in total. The summed E-state index contributed by atoms with van der Waals surface area (Å²) in [6.45, 7) is 4.40. The van der Waals surface area contributed by atoms with Crippen LogP contribution in [0.3, 0.4) is 0 Å². The average Bonchev–Trinajstić information content (AvgIpc) is 2.73. The number of carbonyl (C=O) groups excluding carboxylic acids is 1. The first-order chi connectivity index (χ1) is 14.2. The number of carbonyl (C=O) groups is 1. The summed E-state index contributed by atoms with van der Waals surface area (Å²) < 4.78 is 15.9. The van der Waals surface area contributed by atoms with E-state index in [0.717, 1.165) is 16.0 Å². The lowest BCUT2D eigenvalue weighted by atomic mass is 10.1. The summed E-state index contributed by atoms with van der Waals surface area (Å²) in [5.74, 6) is 1.31. The van der Waals surface area contributed by atoms with Gasteiger partial charge in [-0.1, -0.05) is 0 Å². The summed E-state index contributed by atoms with van der Waals surface area (Å²) in [4.78, 5) is 24.2. The quantitative estimate of drug-likeness (QED) is 0.477. The smallest absolute Gasteiger partial charge is 0.282 e. The van der Waals surface area contributed by atoms with Gasteiger partial charge in [-0.3, -0.25) is 14.9 Å². The van der Waals surface area contributed by atoms with Crippen LogP contribution in [0.1, 0.15) is 18.1 Å². The molecule has 0 spiro atoms. The molecule has 30 heavy (non-hydrogen) atoms. The van der Waals surface area contributed by atoms with Gasteiger partial charge >= 0.3 is 0 Å². The number of quaternary nitrogens is 1. The van der Waals surface area contributed by atoms with Crippen molar-refractivity contribution < 1.29 is 28.8 Å². The number of methoxy groups -OCH3 is 3. The lowest BCUT2D eigenvalue weighted by molar-refractivity contribution is -0.907. The Morgan fingerprint density at radius 2 is 1.70 bits per heavy atom. The molecule has 2 aromatic rings. The van der Waals surface area contributed by atoms with Crippen LogP contribution < -0.4 is 24.4 Å². The van der Waals surface area contributed by atoms with Gasteiger partial charge in [0.2, 0.25) is 0 Å². The highest BCUT2D eigenvalue weighted by molar-refractivity contribution is 5.95. The number of nitrogens with one attached hydrogen (secondary N) is 2. The number of anilines is 1. The van der Waals surface area contributed by atoms with E-state index < -0.39 is 11.0 Å². The Kier molecular flexibility index (Phi) is 7.60. The van der Waals surface area contributed by atoms with Crippen LogP contribution in [0.15, 0.2) is 30.3 Å². The van der Waals surface area contributed by atoms with E-state index in [4.69, 9.17) is 14.2 Å². The summed E-state index contributed by atoms with van der Waals surface area (Å²) in [6.07, 6.45) is 0. The number of hydrogen-bond donors (Lipinski definition) is 2. The SMILES string of the molecule is COc1cc([N+](=O)[O-])ccc1NC(=O)[C@@H](C)[NH+](C)Cc1cc(OC)c(OC)cc1C. The summed E-state index contributed by atoms with van der Waals surface area (Å²) in [5, 5.41) is 13.7. The molecule has 0 saturated heterocycles. The van der Waals surface area contributed by atoms with Gasteiger partial charge in [-0.2, -0.15) is 0 Å². The number of ether oxygens (including phenoxy) is 3. The molecule has 2 aromatic carbocycles. The second kappa shape index (κ2) is 9.93. The Hall–Kier alpha value is -3.33. The largest absolute Gasteiger partial charge is 0.494 e. The van der Waals surface area contributed by atoms with Crippen molar-refractivity contribution >= 4 is 17.3 Å². The van der Waals surface area contributed by atoms with Crippen molar-refractivity contribution in [1.29, 1.82) is 0 Å². The average molecular weight is 418 g/mol. The Bertz CT molecular complexity index is 931. The van der Waals surface area contributed by atoms with E-state index >= 15 is 0 Å². The van der Waals surface area contributed by atoms with Crippen LogP contribution in [-0.2, 0) is 11.3 Å². The molecule has 1 unspecified atom stereocenters. The van der Waals surface area contributed by atoms with E-state index in [-0.39, 0.29) is 17.3 Å². The predicted octanol–water partition coefficient (Wildman–Crippen LogP) is 1.97. The molecule has 0 fully saturated rings. The molecule has 0 aromatic heterocycles. The zero-order valence-corrected chi connectivity index (χ0v) is 18.1. The summed E-state index contributed by atoms with van der Waals surface area (Å²) in [5.41, 5.74) is 2.36. The number of non-ortho nitro benzene ring substituents is 1. The van der Waals surface area contributed by atoms with Crippen molar-refractivity contribution in [3.63, 3.8) is 0 Å². The monoisotopic (exact) mass is 418 g/mol. The van der Waals surface area contributed by atoms with Gasteiger partial charge in [0, 0.05) is 11.6 Å². The molecule has 0 saturated carbocycles. The molecule has 0 radical (unpaired) electrons. The van der Waals surface area contributed by atoms with Gasteiger partial charge in [0.15, 0.2) is 17.5 Å². The van der Waals surface area contributed by atoms with Crippen LogP contribution in [-0.4, -0.2) is 45.2 Å². The van der Waals surface area contributed by atoms with Gasteiger partial charge < -0.3 is 24.4 Å². The zero-order chi connectivity index (χ0) is 22.4. The molecule has 2 N–H and O–H groups in total. The van der Waals surface area contributed by atoms with E-state index in [1.807, 2.05) is 33.0 Å². The lowest BCUT2D eigenvalue weighted by Crippen LogP contribution is -3.12. The minimum Gasteiger partial charge on any atom is -0.494 e. The summed E-state index contributed by atoms with van der Waals surface area (Å²) >= 11 is 0. The highest BCUT2D eigenvalue weighted by atomic mass is 16.6. The molecule has 2 atom stereocenters. The van der Waals surface area contributed by atoms with Crippen molar-refractivity contribution in [2.24, 2.45) is 0 Å². The van der Waals surface area contributed by atoms with Gasteiger partial charge in [0.1, 0.15) is 12.3 Å². The van der Waals surface area contributed by atoms with E-state index in [1.54, 1.807) is 14.2 Å². The third-order valence-electron chi connectivity index (χ3n) is 5.10. The van der Waals surface area contributed by atoms with Crippen LogP contribution in [0.2, 0.25) is 0 Å². The lowest BCUT2D eigenvalue weighted by Gasteiger charge is -2.23. The zero-order valence-electron chi connectivity index (χ0n) is 18.1. The minimum atomic E-state index is -0.514. The van der Waals surface area contributed by atoms with E-state index in [0.29, 0.717) is 23.7 Å². The molecular weight excluding hydrogens is 390 g/mol. The van der Waals surface area contributed by atoms with Crippen molar-refractivity contribution in [3.05, 3.63) is 51.6 Å². The van der Waals surface area contributed by atoms with Crippen LogP contribution >= 0.6 is 0 Å². The Morgan fingerprint density at radius 3 is 2.27 bits per heavy atom. The molecule has 9 heteroatoms. The third-order valence-corrected chi connectivity index (χ3v) is 5.10. The first-order valence-electron chi connectivity index (χ1n) is 9.38. The second-order valence-corrected chi connectivity index (χ2v) is 7.01. The maximum Gasteiger partial charge on any atom is 0.282 e. The van der Waals surface area contributed by atoms with Gasteiger partial charge in [0.05, 0.1) is 45.1 Å². The fraction of sp³-hybridized carbons (Fsp3) is 0.381. The molecule has 0 bridgehead atoms. The number of likely N-dealkylation sites (N-methyl/N-ethyl adjacent to an activating group) is 1. The highest BCUT2D eigenvalue weighted by Crippen LogP contribution is 2.30. The first-order valence-corrected chi connectivity index (χ1v) is 9.38. The van der Waals surface area contributed by atoms with Gasteiger partial charge in [-0.15, -0.1) is 0 Å². The van der Waals surface area contributed by atoms with Crippen LogP contribution in [0.5, 0.6) is 17.2 Å².